The minimum atomic E-state index is -0.202. The lowest BCUT2D eigenvalue weighted by atomic mass is 9.90. The van der Waals surface area contributed by atoms with Gasteiger partial charge >= 0.3 is 0 Å². The SMILES string of the molecule is COc1cc2c(cc1OC)C(Cc1ccc(F)cc1)NCC2. The van der Waals surface area contributed by atoms with Gasteiger partial charge in [-0.2, -0.15) is 0 Å². The first-order chi connectivity index (χ1) is 10.7. The predicted octanol–water partition coefficient (Wildman–Crippen LogP) is 3.27. The highest BCUT2D eigenvalue weighted by Gasteiger charge is 2.22. The number of hydrogen-bond acceptors (Lipinski definition) is 3. The molecule has 116 valence electrons. The second kappa shape index (κ2) is 6.36. The van der Waals surface area contributed by atoms with E-state index in [1.165, 1.54) is 23.3 Å². The normalized spacial score (nSPS) is 17.0. The van der Waals surface area contributed by atoms with Gasteiger partial charge in [0.1, 0.15) is 5.82 Å². The molecule has 0 fully saturated rings. The van der Waals surface area contributed by atoms with Crippen LogP contribution in [0, 0.1) is 5.82 Å². The summed E-state index contributed by atoms with van der Waals surface area (Å²) in [7, 11) is 3.30. The van der Waals surface area contributed by atoms with Crippen LogP contribution in [0.15, 0.2) is 36.4 Å². The van der Waals surface area contributed by atoms with Crippen molar-refractivity contribution in [3.63, 3.8) is 0 Å². The Morgan fingerprint density at radius 3 is 2.45 bits per heavy atom. The lowest BCUT2D eigenvalue weighted by molar-refractivity contribution is 0.352. The van der Waals surface area contributed by atoms with Gasteiger partial charge in [0.25, 0.3) is 0 Å². The molecule has 1 aliphatic rings. The molecule has 3 rings (SSSR count). The van der Waals surface area contributed by atoms with Crippen molar-refractivity contribution in [2.75, 3.05) is 20.8 Å². The maximum absolute atomic E-state index is 13.0. The van der Waals surface area contributed by atoms with Gasteiger partial charge in [-0.05, 0) is 60.3 Å². The monoisotopic (exact) mass is 301 g/mol. The summed E-state index contributed by atoms with van der Waals surface area (Å²) < 4.78 is 23.8. The summed E-state index contributed by atoms with van der Waals surface area (Å²) in [5, 5.41) is 3.54. The van der Waals surface area contributed by atoms with Crippen LogP contribution < -0.4 is 14.8 Å². The lowest BCUT2D eigenvalue weighted by Gasteiger charge is -2.28. The van der Waals surface area contributed by atoms with Crippen LogP contribution in [0.4, 0.5) is 4.39 Å². The third-order valence-electron chi connectivity index (χ3n) is 4.16. The highest BCUT2D eigenvalue weighted by molar-refractivity contribution is 5.49. The Labute approximate surface area is 130 Å². The minimum Gasteiger partial charge on any atom is -0.493 e. The van der Waals surface area contributed by atoms with Gasteiger partial charge < -0.3 is 14.8 Å². The smallest absolute Gasteiger partial charge is 0.161 e. The molecule has 0 saturated carbocycles. The van der Waals surface area contributed by atoms with Crippen LogP contribution in [0.25, 0.3) is 0 Å². The molecule has 1 heterocycles. The summed E-state index contributed by atoms with van der Waals surface area (Å²) in [6.45, 7) is 0.925. The average Bonchev–Trinajstić information content (AvgIpc) is 2.56. The molecule has 0 bridgehead atoms. The number of rotatable bonds is 4. The van der Waals surface area contributed by atoms with Crippen molar-refractivity contribution in [2.24, 2.45) is 0 Å². The molecule has 0 amide bonds. The van der Waals surface area contributed by atoms with Gasteiger partial charge in [-0.3, -0.25) is 0 Å². The second-order valence-corrected chi connectivity index (χ2v) is 5.49. The molecular weight excluding hydrogens is 281 g/mol. The van der Waals surface area contributed by atoms with Crippen LogP contribution in [0.3, 0.4) is 0 Å². The first-order valence-corrected chi connectivity index (χ1v) is 7.44. The van der Waals surface area contributed by atoms with E-state index in [2.05, 4.69) is 17.4 Å². The fourth-order valence-corrected chi connectivity index (χ4v) is 3.01. The fraction of sp³-hybridized carbons (Fsp3) is 0.333. The lowest BCUT2D eigenvalue weighted by Crippen LogP contribution is -2.31. The third kappa shape index (κ3) is 2.92. The predicted molar refractivity (Wildman–Crippen MR) is 84.1 cm³/mol. The van der Waals surface area contributed by atoms with E-state index >= 15 is 0 Å². The Bertz CT molecular complexity index is 655. The number of nitrogens with one attached hydrogen (secondary N) is 1. The van der Waals surface area contributed by atoms with E-state index in [4.69, 9.17) is 9.47 Å². The summed E-state index contributed by atoms with van der Waals surface area (Å²) in [6.07, 6.45) is 1.79. The standard InChI is InChI=1S/C18H20FNO2/c1-21-17-10-13-7-8-20-16(15(13)11-18(17)22-2)9-12-3-5-14(19)6-4-12/h3-6,10-11,16,20H,7-9H2,1-2H3. The highest BCUT2D eigenvalue weighted by Crippen LogP contribution is 2.36. The Hall–Kier alpha value is -2.07. The van der Waals surface area contributed by atoms with Crippen LogP contribution in [-0.2, 0) is 12.8 Å². The topological polar surface area (TPSA) is 30.5 Å². The van der Waals surface area contributed by atoms with Crippen molar-refractivity contribution < 1.29 is 13.9 Å². The fourth-order valence-electron chi connectivity index (χ4n) is 3.01. The van der Waals surface area contributed by atoms with Crippen molar-refractivity contribution in [2.45, 2.75) is 18.9 Å². The Balaban J connectivity index is 1.91. The van der Waals surface area contributed by atoms with Crippen LogP contribution in [0.5, 0.6) is 11.5 Å². The first-order valence-electron chi connectivity index (χ1n) is 7.44. The number of fused-ring (bicyclic) bond motifs is 1. The zero-order valence-corrected chi connectivity index (χ0v) is 12.9. The molecule has 0 saturated heterocycles. The molecule has 1 atom stereocenters. The van der Waals surface area contributed by atoms with E-state index in [1.807, 2.05) is 12.1 Å². The van der Waals surface area contributed by atoms with E-state index in [9.17, 15) is 4.39 Å². The molecule has 22 heavy (non-hydrogen) atoms. The van der Waals surface area contributed by atoms with Gasteiger partial charge in [-0.25, -0.2) is 4.39 Å². The molecule has 2 aromatic carbocycles. The van der Waals surface area contributed by atoms with Gasteiger partial charge in [0, 0.05) is 6.04 Å². The Morgan fingerprint density at radius 2 is 1.77 bits per heavy atom. The molecule has 4 heteroatoms. The Morgan fingerprint density at radius 1 is 1.09 bits per heavy atom. The van der Waals surface area contributed by atoms with Gasteiger partial charge in [0.2, 0.25) is 0 Å². The first kappa shape index (κ1) is 14.9. The molecule has 1 aliphatic heterocycles. The third-order valence-corrected chi connectivity index (χ3v) is 4.16. The van der Waals surface area contributed by atoms with Crippen molar-refractivity contribution >= 4 is 0 Å². The minimum absolute atomic E-state index is 0.202. The summed E-state index contributed by atoms with van der Waals surface area (Å²) in [5.74, 6) is 1.31. The summed E-state index contributed by atoms with van der Waals surface area (Å²) in [4.78, 5) is 0. The van der Waals surface area contributed by atoms with Crippen LogP contribution in [0.1, 0.15) is 22.7 Å². The molecule has 1 N–H and O–H groups in total. The quantitative estimate of drug-likeness (QED) is 0.940. The molecule has 2 aromatic rings. The molecule has 0 aliphatic carbocycles. The highest BCUT2D eigenvalue weighted by atomic mass is 19.1. The second-order valence-electron chi connectivity index (χ2n) is 5.49. The summed E-state index contributed by atoms with van der Waals surface area (Å²) in [6, 6.07) is 11.0. The van der Waals surface area contributed by atoms with Crippen LogP contribution in [0.2, 0.25) is 0 Å². The zero-order valence-electron chi connectivity index (χ0n) is 12.9. The van der Waals surface area contributed by atoms with Crippen LogP contribution >= 0.6 is 0 Å². The molecule has 0 radical (unpaired) electrons. The average molecular weight is 301 g/mol. The van der Waals surface area contributed by atoms with Crippen molar-refractivity contribution in [1.82, 2.24) is 5.32 Å². The van der Waals surface area contributed by atoms with E-state index < -0.39 is 0 Å². The zero-order chi connectivity index (χ0) is 15.5. The summed E-state index contributed by atoms with van der Waals surface area (Å²) in [5.41, 5.74) is 3.62. The summed E-state index contributed by atoms with van der Waals surface area (Å²) >= 11 is 0. The van der Waals surface area contributed by atoms with Gasteiger partial charge in [0.05, 0.1) is 14.2 Å². The maximum Gasteiger partial charge on any atom is 0.161 e. The Kier molecular flexibility index (Phi) is 4.29. The van der Waals surface area contributed by atoms with E-state index in [0.29, 0.717) is 0 Å². The van der Waals surface area contributed by atoms with Gasteiger partial charge in [0.15, 0.2) is 11.5 Å². The van der Waals surface area contributed by atoms with Crippen molar-refractivity contribution in [3.05, 3.63) is 58.9 Å². The number of hydrogen-bond donors (Lipinski definition) is 1. The maximum atomic E-state index is 13.0. The van der Waals surface area contributed by atoms with E-state index in [-0.39, 0.29) is 11.9 Å². The van der Waals surface area contributed by atoms with Crippen molar-refractivity contribution in [3.8, 4) is 11.5 Å². The van der Waals surface area contributed by atoms with E-state index in [1.54, 1.807) is 14.2 Å². The van der Waals surface area contributed by atoms with Crippen LogP contribution in [-0.4, -0.2) is 20.8 Å². The molecule has 0 aromatic heterocycles. The molecule has 1 unspecified atom stereocenters. The molecule has 0 spiro atoms. The number of benzene rings is 2. The van der Waals surface area contributed by atoms with Gasteiger partial charge in [-0.1, -0.05) is 12.1 Å². The largest absolute Gasteiger partial charge is 0.493 e. The van der Waals surface area contributed by atoms with Crippen molar-refractivity contribution in [1.29, 1.82) is 0 Å². The van der Waals surface area contributed by atoms with Gasteiger partial charge in [-0.15, -0.1) is 0 Å². The molecule has 3 nitrogen and oxygen atoms in total. The number of methoxy groups -OCH3 is 2. The molecular formula is C18H20FNO2. The van der Waals surface area contributed by atoms with E-state index in [0.717, 1.165) is 36.4 Å². The number of halogens is 1. The number of ether oxygens (including phenoxy) is 2.